The fourth-order valence-corrected chi connectivity index (χ4v) is 2.74. The first-order valence-electron chi connectivity index (χ1n) is 6.62. The molecule has 0 aliphatic rings. The summed E-state index contributed by atoms with van der Waals surface area (Å²) >= 11 is 9.60. The van der Waals surface area contributed by atoms with Crippen molar-refractivity contribution in [3.63, 3.8) is 0 Å². The molecule has 1 atom stereocenters. The summed E-state index contributed by atoms with van der Waals surface area (Å²) in [5.41, 5.74) is 4.04. The van der Waals surface area contributed by atoms with Crippen LogP contribution >= 0.6 is 27.5 Å². The summed E-state index contributed by atoms with van der Waals surface area (Å²) < 4.78 is 1.11. The number of benzene rings is 2. The van der Waals surface area contributed by atoms with Crippen LogP contribution in [0.5, 0.6) is 0 Å². The van der Waals surface area contributed by atoms with E-state index in [1.807, 2.05) is 0 Å². The molecule has 19 heavy (non-hydrogen) atoms. The topological polar surface area (TPSA) is 0 Å². The van der Waals surface area contributed by atoms with Gasteiger partial charge in [-0.15, -0.1) is 11.6 Å². The van der Waals surface area contributed by atoms with Crippen LogP contribution in [-0.2, 0) is 12.8 Å². The van der Waals surface area contributed by atoms with E-state index in [0.717, 1.165) is 17.3 Å². The molecule has 0 fully saturated rings. The quantitative estimate of drug-likeness (QED) is 0.625. The molecule has 0 nitrogen and oxygen atoms in total. The minimum absolute atomic E-state index is 0.377. The lowest BCUT2D eigenvalue weighted by Crippen LogP contribution is -2.04. The number of halogens is 2. The standard InChI is InChI=1S/C17H18BrCl/c1-2-13-3-5-14(6-4-13)11-16(12-19)15-7-9-17(18)10-8-15/h3-10,16H,2,11-12H2,1H3. The minimum Gasteiger partial charge on any atom is -0.126 e. The highest BCUT2D eigenvalue weighted by Crippen LogP contribution is 2.24. The zero-order chi connectivity index (χ0) is 13.7. The second-order valence-electron chi connectivity index (χ2n) is 4.78. The van der Waals surface area contributed by atoms with Gasteiger partial charge in [-0.1, -0.05) is 59.3 Å². The van der Waals surface area contributed by atoms with Crippen molar-refractivity contribution in [2.75, 3.05) is 5.88 Å². The van der Waals surface area contributed by atoms with E-state index in [2.05, 4.69) is 71.4 Å². The van der Waals surface area contributed by atoms with Crippen molar-refractivity contribution >= 4 is 27.5 Å². The van der Waals surface area contributed by atoms with Gasteiger partial charge in [0.2, 0.25) is 0 Å². The Morgan fingerprint density at radius 1 is 0.947 bits per heavy atom. The molecule has 0 N–H and O–H groups in total. The predicted molar refractivity (Wildman–Crippen MR) is 87.1 cm³/mol. The highest BCUT2D eigenvalue weighted by Gasteiger charge is 2.11. The molecule has 2 aromatic rings. The number of rotatable bonds is 5. The van der Waals surface area contributed by atoms with Crippen molar-refractivity contribution in [3.05, 3.63) is 69.7 Å². The smallest absolute Gasteiger partial charge is 0.0295 e. The second-order valence-corrected chi connectivity index (χ2v) is 6.00. The van der Waals surface area contributed by atoms with E-state index in [-0.39, 0.29) is 0 Å². The average molecular weight is 338 g/mol. The van der Waals surface area contributed by atoms with Crippen LogP contribution in [0, 0.1) is 0 Å². The molecule has 0 bridgehead atoms. The highest BCUT2D eigenvalue weighted by atomic mass is 79.9. The summed E-state index contributed by atoms with van der Waals surface area (Å²) in [4.78, 5) is 0. The molecule has 0 aromatic heterocycles. The SMILES string of the molecule is CCc1ccc(CC(CCl)c2ccc(Br)cc2)cc1. The molecular formula is C17H18BrCl. The van der Waals surface area contributed by atoms with Crippen molar-refractivity contribution in [2.24, 2.45) is 0 Å². The molecule has 0 spiro atoms. The lowest BCUT2D eigenvalue weighted by atomic mass is 9.93. The van der Waals surface area contributed by atoms with Crippen LogP contribution < -0.4 is 0 Å². The minimum atomic E-state index is 0.377. The fourth-order valence-electron chi connectivity index (χ4n) is 2.19. The Kier molecular flexibility index (Phi) is 5.47. The van der Waals surface area contributed by atoms with Crippen LogP contribution in [0.25, 0.3) is 0 Å². The summed E-state index contributed by atoms with van der Waals surface area (Å²) in [6.07, 6.45) is 2.08. The third-order valence-corrected chi connectivity index (χ3v) is 4.34. The van der Waals surface area contributed by atoms with E-state index in [9.17, 15) is 0 Å². The Labute approximate surface area is 128 Å². The molecule has 2 rings (SSSR count). The Morgan fingerprint density at radius 3 is 2.05 bits per heavy atom. The van der Waals surface area contributed by atoms with Crippen molar-refractivity contribution < 1.29 is 0 Å². The van der Waals surface area contributed by atoms with Crippen molar-refractivity contribution in [3.8, 4) is 0 Å². The summed E-state index contributed by atoms with van der Waals surface area (Å²) in [6.45, 7) is 2.18. The molecule has 0 saturated heterocycles. The van der Waals surface area contributed by atoms with Crippen LogP contribution in [0.1, 0.15) is 29.5 Å². The molecule has 0 heterocycles. The number of hydrogen-bond donors (Lipinski definition) is 0. The molecule has 0 aliphatic heterocycles. The van der Waals surface area contributed by atoms with Gasteiger partial charge < -0.3 is 0 Å². The van der Waals surface area contributed by atoms with E-state index in [1.54, 1.807) is 0 Å². The number of hydrogen-bond acceptors (Lipinski definition) is 0. The summed E-state index contributed by atoms with van der Waals surface area (Å²) in [5, 5.41) is 0. The third kappa shape index (κ3) is 4.09. The van der Waals surface area contributed by atoms with E-state index < -0.39 is 0 Å². The van der Waals surface area contributed by atoms with Crippen LogP contribution in [0.4, 0.5) is 0 Å². The Bertz CT molecular complexity index is 502. The van der Waals surface area contributed by atoms with E-state index in [4.69, 9.17) is 11.6 Å². The van der Waals surface area contributed by atoms with Crippen molar-refractivity contribution in [1.82, 2.24) is 0 Å². The second kappa shape index (κ2) is 7.12. The van der Waals surface area contributed by atoms with Gasteiger partial charge in [0, 0.05) is 16.3 Å². The van der Waals surface area contributed by atoms with Gasteiger partial charge in [-0.25, -0.2) is 0 Å². The summed E-state index contributed by atoms with van der Waals surface area (Å²) in [5.74, 6) is 1.03. The first-order valence-corrected chi connectivity index (χ1v) is 7.95. The van der Waals surface area contributed by atoms with E-state index in [1.165, 1.54) is 16.7 Å². The molecule has 0 saturated carbocycles. The van der Waals surface area contributed by atoms with Crippen molar-refractivity contribution in [2.45, 2.75) is 25.7 Å². The van der Waals surface area contributed by atoms with E-state index >= 15 is 0 Å². The Hall–Kier alpha value is -0.790. The fraction of sp³-hybridized carbons (Fsp3) is 0.294. The van der Waals surface area contributed by atoms with Crippen LogP contribution in [0.3, 0.4) is 0 Å². The largest absolute Gasteiger partial charge is 0.126 e. The monoisotopic (exact) mass is 336 g/mol. The van der Waals surface area contributed by atoms with Gasteiger partial charge in [-0.05, 0) is 41.7 Å². The first-order chi connectivity index (χ1) is 9.22. The van der Waals surface area contributed by atoms with E-state index in [0.29, 0.717) is 11.8 Å². The van der Waals surface area contributed by atoms with Gasteiger partial charge >= 0.3 is 0 Å². The molecule has 0 aliphatic carbocycles. The van der Waals surface area contributed by atoms with Crippen LogP contribution in [-0.4, -0.2) is 5.88 Å². The lowest BCUT2D eigenvalue weighted by Gasteiger charge is -2.15. The number of aryl methyl sites for hydroxylation is 1. The maximum atomic E-state index is 6.14. The Balaban J connectivity index is 2.11. The normalized spacial score (nSPS) is 12.4. The maximum Gasteiger partial charge on any atom is 0.0295 e. The average Bonchev–Trinajstić information content (AvgIpc) is 2.46. The predicted octanol–water partition coefficient (Wildman–Crippen LogP) is 5.58. The van der Waals surface area contributed by atoms with Gasteiger partial charge in [0.1, 0.15) is 0 Å². The van der Waals surface area contributed by atoms with Crippen LogP contribution in [0.15, 0.2) is 53.0 Å². The Morgan fingerprint density at radius 2 is 1.53 bits per heavy atom. The van der Waals surface area contributed by atoms with Gasteiger partial charge in [0.15, 0.2) is 0 Å². The first kappa shape index (κ1) is 14.6. The molecule has 1 unspecified atom stereocenters. The molecule has 2 heteroatoms. The molecule has 0 amide bonds. The number of alkyl halides is 1. The zero-order valence-electron chi connectivity index (χ0n) is 11.1. The van der Waals surface area contributed by atoms with Crippen LogP contribution in [0.2, 0.25) is 0 Å². The van der Waals surface area contributed by atoms with Gasteiger partial charge in [0.25, 0.3) is 0 Å². The summed E-state index contributed by atoms with van der Waals surface area (Å²) in [6, 6.07) is 17.3. The lowest BCUT2D eigenvalue weighted by molar-refractivity contribution is 0.765. The van der Waals surface area contributed by atoms with Gasteiger partial charge in [0.05, 0.1) is 0 Å². The van der Waals surface area contributed by atoms with Crippen molar-refractivity contribution in [1.29, 1.82) is 0 Å². The molecular weight excluding hydrogens is 320 g/mol. The summed E-state index contributed by atoms with van der Waals surface area (Å²) in [7, 11) is 0. The molecule has 0 radical (unpaired) electrons. The molecule has 100 valence electrons. The highest BCUT2D eigenvalue weighted by molar-refractivity contribution is 9.10. The maximum absolute atomic E-state index is 6.14. The van der Waals surface area contributed by atoms with Gasteiger partial charge in [-0.3, -0.25) is 0 Å². The van der Waals surface area contributed by atoms with Gasteiger partial charge in [-0.2, -0.15) is 0 Å². The third-order valence-electron chi connectivity index (χ3n) is 3.44. The molecule has 2 aromatic carbocycles. The zero-order valence-corrected chi connectivity index (χ0v) is 13.4.